The van der Waals surface area contributed by atoms with E-state index in [1.54, 1.807) is 18.2 Å². The van der Waals surface area contributed by atoms with Gasteiger partial charge in [0.25, 0.3) is 0 Å². The van der Waals surface area contributed by atoms with E-state index in [-0.39, 0.29) is 10.8 Å². The fourth-order valence-corrected chi connectivity index (χ4v) is 4.86. The van der Waals surface area contributed by atoms with Crippen molar-refractivity contribution in [2.24, 2.45) is 5.92 Å². The van der Waals surface area contributed by atoms with E-state index in [0.717, 1.165) is 6.42 Å². The predicted octanol–water partition coefficient (Wildman–Crippen LogP) is 2.08. The highest BCUT2D eigenvalue weighted by atomic mass is 79.9. The van der Waals surface area contributed by atoms with Gasteiger partial charge in [0.1, 0.15) is 0 Å². The van der Waals surface area contributed by atoms with E-state index in [0.29, 0.717) is 36.5 Å². The number of nitrogens with zero attached hydrogens (tertiary/aromatic N) is 1. The van der Waals surface area contributed by atoms with Gasteiger partial charge in [-0.1, -0.05) is 6.92 Å². The maximum Gasteiger partial charge on any atom is 0.244 e. The quantitative estimate of drug-likeness (QED) is 0.813. The molecular weight excluding hydrogens is 344 g/mol. The molecule has 1 heterocycles. The summed E-state index contributed by atoms with van der Waals surface area (Å²) in [5.41, 5.74) is 6.19. The van der Waals surface area contributed by atoms with Crippen molar-refractivity contribution < 1.29 is 13.2 Å². The molecule has 5 nitrogen and oxygen atoms in total. The predicted molar refractivity (Wildman–Crippen MR) is 81.9 cm³/mol. The normalized spacial score (nSPS) is 19.6. The van der Waals surface area contributed by atoms with Crippen LogP contribution in [0.1, 0.15) is 13.3 Å². The second-order valence-corrected chi connectivity index (χ2v) is 7.64. The minimum Gasteiger partial charge on any atom is -0.399 e. The number of nitrogens with two attached hydrogens (primary N) is 1. The topological polar surface area (TPSA) is 72.6 Å². The molecule has 0 aromatic heterocycles. The smallest absolute Gasteiger partial charge is 0.244 e. The highest BCUT2D eigenvalue weighted by Gasteiger charge is 2.29. The Morgan fingerprint density at radius 2 is 2.25 bits per heavy atom. The fraction of sp³-hybridized carbons (Fsp3) is 0.538. The summed E-state index contributed by atoms with van der Waals surface area (Å²) in [7, 11) is -3.51. The molecule has 2 rings (SSSR count). The largest absolute Gasteiger partial charge is 0.399 e. The lowest BCUT2D eigenvalue weighted by Gasteiger charge is -2.23. The monoisotopic (exact) mass is 362 g/mol. The number of hydrogen-bond acceptors (Lipinski definition) is 4. The summed E-state index contributed by atoms with van der Waals surface area (Å²) < 4.78 is 32.7. The highest BCUT2D eigenvalue weighted by Crippen LogP contribution is 2.28. The number of halogens is 1. The summed E-state index contributed by atoms with van der Waals surface area (Å²) in [6.07, 6.45) is 0.912. The van der Waals surface area contributed by atoms with Crippen molar-refractivity contribution in [2.45, 2.75) is 18.2 Å². The number of sulfonamides is 1. The van der Waals surface area contributed by atoms with Gasteiger partial charge in [0.05, 0.1) is 11.5 Å². The van der Waals surface area contributed by atoms with Crippen molar-refractivity contribution in [3.63, 3.8) is 0 Å². The molecule has 1 unspecified atom stereocenters. The zero-order valence-electron chi connectivity index (χ0n) is 11.4. The minimum absolute atomic E-state index is 0.257. The second kappa shape index (κ2) is 6.43. The molecule has 20 heavy (non-hydrogen) atoms. The van der Waals surface area contributed by atoms with Crippen molar-refractivity contribution in [3.8, 4) is 0 Å². The summed E-state index contributed by atoms with van der Waals surface area (Å²) in [6.45, 7) is 4.13. The van der Waals surface area contributed by atoms with Crippen LogP contribution in [0.3, 0.4) is 0 Å². The average molecular weight is 363 g/mol. The Morgan fingerprint density at radius 1 is 1.50 bits per heavy atom. The van der Waals surface area contributed by atoms with Crippen LogP contribution in [0.5, 0.6) is 0 Å². The van der Waals surface area contributed by atoms with Gasteiger partial charge < -0.3 is 10.5 Å². The van der Waals surface area contributed by atoms with Crippen LogP contribution in [0.15, 0.2) is 27.6 Å². The van der Waals surface area contributed by atoms with E-state index >= 15 is 0 Å². The van der Waals surface area contributed by atoms with E-state index in [1.807, 2.05) is 6.92 Å². The Hall–Kier alpha value is -0.630. The molecule has 1 aromatic carbocycles. The van der Waals surface area contributed by atoms with E-state index in [9.17, 15) is 8.42 Å². The van der Waals surface area contributed by atoms with E-state index in [2.05, 4.69) is 15.9 Å². The highest BCUT2D eigenvalue weighted by molar-refractivity contribution is 9.10. The number of benzene rings is 1. The van der Waals surface area contributed by atoms with Gasteiger partial charge in [-0.25, -0.2) is 8.42 Å². The van der Waals surface area contributed by atoms with Crippen molar-refractivity contribution in [1.82, 2.24) is 4.31 Å². The van der Waals surface area contributed by atoms with Gasteiger partial charge in [0.2, 0.25) is 10.0 Å². The average Bonchev–Trinajstić information content (AvgIpc) is 2.88. The Labute approximate surface area is 128 Å². The molecule has 1 aromatic rings. The molecule has 1 aliphatic heterocycles. The van der Waals surface area contributed by atoms with Gasteiger partial charge >= 0.3 is 0 Å². The van der Waals surface area contributed by atoms with Crippen LogP contribution in [0.4, 0.5) is 5.69 Å². The first kappa shape index (κ1) is 15.8. The Balaban J connectivity index is 2.26. The van der Waals surface area contributed by atoms with Crippen LogP contribution in [-0.2, 0) is 14.8 Å². The molecule has 0 amide bonds. The summed E-state index contributed by atoms with van der Waals surface area (Å²) in [4.78, 5) is 0.257. The zero-order valence-corrected chi connectivity index (χ0v) is 13.8. The lowest BCUT2D eigenvalue weighted by molar-refractivity contribution is 0.181. The number of hydrogen-bond donors (Lipinski definition) is 1. The van der Waals surface area contributed by atoms with Gasteiger partial charge in [-0.3, -0.25) is 0 Å². The molecule has 0 bridgehead atoms. The Morgan fingerprint density at radius 3 is 2.80 bits per heavy atom. The van der Waals surface area contributed by atoms with Crippen LogP contribution in [0.2, 0.25) is 0 Å². The van der Waals surface area contributed by atoms with Crippen LogP contribution < -0.4 is 5.73 Å². The van der Waals surface area contributed by atoms with E-state index in [4.69, 9.17) is 10.5 Å². The summed E-state index contributed by atoms with van der Waals surface area (Å²) in [5, 5.41) is 0. The molecule has 0 radical (unpaired) electrons. The molecule has 1 saturated heterocycles. The Bertz CT molecular complexity index is 571. The lowest BCUT2D eigenvalue weighted by atomic mass is 10.1. The third-order valence-electron chi connectivity index (χ3n) is 3.41. The molecule has 0 saturated carbocycles. The van der Waals surface area contributed by atoms with Gasteiger partial charge in [0.15, 0.2) is 0 Å². The van der Waals surface area contributed by atoms with E-state index in [1.165, 1.54) is 4.31 Å². The maximum atomic E-state index is 12.7. The lowest BCUT2D eigenvalue weighted by Crippen LogP contribution is -2.35. The maximum absolute atomic E-state index is 12.7. The van der Waals surface area contributed by atoms with Crippen molar-refractivity contribution in [2.75, 3.05) is 32.0 Å². The van der Waals surface area contributed by atoms with Crippen LogP contribution in [0, 0.1) is 5.92 Å². The molecule has 0 aliphatic carbocycles. The summed E-state index contributed by atoms with van der Waals surface area (Å²) >= 11 is 3.28. The SMILES string of the molecule is CCN(CC1CCOC1)S(=O)(=O)c1ccc(N)cc1Br. The Kier molecular flexibility index (Phi) is 5.06. The standard InChI is InChI=1S/C13H19BrN2O3S/c1-2-16(8-10-5-6-19-9-10)20(17,18)13-4-3-11(15)7-12(13)14/h3-4,7,10H,2,5-6,8-9,15H2,1H3. The second-order valence-electron chi connectivity index (χ2n) is 4.88. The molecule has 7 heteroatoms. The van der Waals surface area contributed by atoms with Crippen LogP contribution in [-0.4, -0.2) is 39.0 Å². The molecule has 2 N–H and O–H groups in total. The molecule has 1 fully saturated rings. The third-order valence-corrected chi connectivity index (χ3v) is 6.33. The first-order valence-corrected chi connectivity index (χ1v) is 8.81. The molecule has 1 aliphatic rings. The van der Waals surface area contributed by atoms with Gasteiger partial charge in [-0.05, 0) is 46.5 Å². The zero-order chi connectivity index (χ0) is 14.8. The first-order valence-electron chi connectivity index (χ1n) is 6.58. The number of ether oxygens (including phenoxy) is 1. The molecular formula is C13H19BrN2O3S. The molecule has 112 valence electrons. The van der Waals surface area contributed by atoms with Gasteiger partial charge in [-0.2, -0.15) is 4.31 Å². The van der Waals surface area contributed by atoms with Crippen LogP contribution in [0.25, 0.3) is 0 Å². The third kappa shape index (κ3) is 3.33. The van der Waals surface area contributed by atoms with Crippen molar-refractivity contribution >= 4 is 31.6 Å². The van der Waals surface area contributed by atoms with Gasteiger partial charge in [-0.15, -0.1) is 0 Å². The number of anilines is 1. The minimum atomic E-state index is -3.51. The van der Waals surface area contributed by atoms with Crippen molar-refractivity contribution in [1.29, 1.82) is 0 Å². The van der Waals surface area contributed by atoms with Gasteiger partial charge in [0, 0.05) is 29.9 Å². The van der Waals surface area contributed by atoms with Crippen molar-refractivity contribution in [3.05, 3.63) is 22.7 Å². The molecule has 0 spiro atoms. The summed E-state index contributed by atoms with van der Waals surface area (Å²) in [5.74, 6) is 0.275. The van der Waals surface area contributed by atoms with Crippen LogP contribution >= 0.6 is 15.9 Å². The first-order chi connectivity index (χ1) is 9.45. The molecule has 1 atom stereocenters. The number of rotatable bonds is 5. The number of nitrogen functional groups attached to an aromatic ring is 1. The fourth-order valence-electron chi connectivity index (χ4n) is 2.28. The van der Waals surface area contributed by atoms with E-state index < -0.39 is 10.0 Å². The summed E-state index contributed by atoms with van der Waals surface area (Å²) in [6, 6.07) is 4.76.